The van der Waals surface area contributed by atoms with E-state index >= 15 is 0 Å². The minimum Gasteiger partial charge on any atom is -0.368 e. The van der Waals surface area contributed by atoms with E-state index < -0.39 is 11.6 Å². The molecule has 3 rings (SSSR count). The summed E-state index contributed by atoms with van der Waals surface area (Å²) >= 11 is 0. The summed E-state index contributed by atoms with van der Waals surface area (Å²) in [7, 11) is 0. The van der Waals surface area contributed by atoms with Gasteiger partial charge in [-0.2, -0.15) is 0 Å². The molecule has 1 N–H and O–H groups in total. The van der Waals surface area contributed by atoms with Crippen molar-refractivity contribution < 1.29 is 18.0 Å². The van der Waals surface area contributed by atoms with Crippen LogP contribution in [0.15, 0.2) is 42.5 Å². The lowest BCUT2D eigenvalue weighted by Gasteiger charge is -2.36. The van der Waals surface area contributed by atoms with Gasteiger partial charge in [-0.3, -0.25) is 0 Å². The zero-order valence-corrected chi connectivity index (χ0v) is 14.2. The van der Waals surface area contributed by atoms with Crippen LogP contribution in [0.2, 0.25) is 0 Å². The predicted molar refractivity (Wildman–Crippen MR) is 93.6 cm³/mol. The van der Waals surface area contributed by atoms with Gasteiger partial charge in [-0.05, 0) is 36.2 Å². The van der Waals surface area contributed by atoms with Gasteiger partial charge in [0.05, 0.1) is 0 Å². The van der Waals surface area contributed by atoms with Crippen LogP contribution in [0.25, 0.3) is 0 Å². The molecule has 2 amide bonds. The Morgan fingerprint density at radius 3 is 2.27 bits per heavy atom. The van der Waals surface area contributed by atoms with Gasteiger partial charge in [0.15, 0.2) is 11.6 Å². The van der Waals surface area contributed by atoms with Crippen LogP contribution in [0, 0.1) is 17.5 Å². The Morgan fingerprint density at radius 2 is 1.62 bits per heavy atom. The molecular formula is C19H20F3N3O. The summed E-state index contributed by atoms with van der Waals surface area (Å²) in [4.78, 5) is 15.8. The third kappa shape index (κ3) is 4.47. The number of nitrogens with one attached hydrogen (secondary N) is 1. The molecule has 138 valence electrons. The van der Waals surface area contributed by atoms with Gasteiger partial charge < -0.3 is 15.1 Å². The standard InChI is InChI=1S/C19H20F3N3O/c20-15-3-1-14(2-4-15)7-8-23-19(26)25-11-9-24(10-12-25)16-5-6-17(21)18(22)13-16/h1-6,13H,7-12H2,(H,23,26). The van der Waals surface area contributed by atoms with Gasteiger partial charge in [0, 0.05) is 44.5 Å². The van der Waals surface area contributed by atoms with Crippen LogP contribution >= 0.6 is 0 Å². The van der Waals surface area contributed by atoms with Gasteiger partial charge in [-0.15, -0.1) is 0 Å². The third-order valence-electron chi connectivity index (χ3n) is 4.44. The van der Waals surface area contributed by atoms with E-state index in [0.717, 1.165) is 11.6 Å². The number of anilines is 1. The summed E-state index contributed by atoms with van der Waals surface area (Å²) in [5.41, 5.74) is 1.56. The first-order valence-corrected chi connectivity index (χ1v) is 8.50. The average molecular weight is 363 g/mol. The number of piperazine rings is 1. The van der Waals surface area contributed by atoms with E-state index in [1.807, 2.05) is 4.90 Å². The molecule has 1 fully saturated rings. The lowest BCUT2D eigenvalue weighted by Crippen LogP contribution is -2.52. The van der Waals surface area contributed by atoms with Gasteiger partial charge in [-0.1, -0.05) is 12.1 Å². The quantitative estimate of drug-likeness (QED) is 0.906. The Balaban J connectivity index is 1.44. The Labute approximate surface area is 150 Å². The molecule has 1 aliphatic heterocycles. The molecule has 0 aliphatic carbocycles. The molecule has 0 radical (unpaired) electrons. The first kappa shape index (κ1) is 18.1. The van der Waals surface area contributed by atoms with Crippen molar-refractivity contribution in [2.24, 2.45) is 0 Å². The van der Waals surface area contributed by atoms with Crippen molar-refractivity contribution in [1.82, 2.24) is 10.2 Å². The smallest absolute Gasteiger partial charge is 0.317 e. The van der Waals surface area contributed by atoms with E-state index in [1.54, 1.807) is 17.0 Å². The highest BCUT2D eigenvalue weighted by molar-refractivity contribution is 5.74. The second-order valence-corrected chi connectivity index (χ2v) is 6.18. The first-order chi connectivity index (χ1) is 12.5. The number of carbonyl (C=O) groups is 1. The van der Waals surface area contributed by atoms with E-state index in [0.29, 0.717) is 44.8 Å². The molecule has 2 aromatic rings. The normalized spacial score (nSPS) is 14.4. The van der Waals surface area contributed by atoms with Crippen molar-refractivity contribution in [2.45, 2.75) is 6.42 Å². The monoisotopic (exact) mass is 363 g/mol. The zero-order valence-electron chi connectivity index (χ0n) is 14.2. The molecular weight excluding hydrogens is 343 g/mol. The highest BCUT2D eigenvalue weighted by atomic mass is 19.2. The largest absolute Gasteiger partial charge is 0.368 e. The summed E-state index contributed by atoms with van der Waals surface area (Å²) in [5.74, 6) is -2.02. The van der Waals surface area contributed by atoms with Gasteiger partial charge in [0.2, 0.25) is 0 Å². The van der Waals surface area contributed by atoms with Gasteiger partial charge in [-0.25, -0.2) is 18.0 Å². The molecule has 7 heteroatoms. The van der Waals surface area contributed by atoms with Crippen LogP contribution in [0.5, 0.6) is 0 Å². The molecule has 0 unspecified atom stereocenters. The van der Waals surface area contributed by atoms with Crippen molar-refractivity contribution in [3.8, 4) is 0 Å². The van der Waals surface area contributed by atoms with Crippen molar-refractivity contribution in [3.05, 3.63) is 65.5 Å². The van der Waals surface area contributed by atoms with E-state index in [4.69, 9.17) is 0 Å². The van der Waals surface area contributed by atoms with Crippen LogP contribution in [0.3, 0.4) is 0 Å². The molecule has 1 heterocycles. The Hall–Kier alpha value is -2.70. The maximum absolute atomic E-state index is 13.3. The number of urea groups is 1. The topological polar surface area (TPSA) is 35.6 Å². The molecule has 2 aromatic carbocycles. The SMILES string of the molecule is O=C(NCCc1ccc(F)cc1)N1CCN(c2ccc(F)c(F)c2)CC1. The van der Waals surface area contributed by atoms with E-state index in [9.17, 15) is 18.0 Å². The van der Waals surface area contributed by atoms with Gasteiger partial charge >= 0.3 is 6.03 Å². The minimum absolute atomic E-state index is 0.156. The van der Waals surface area contributed by atoms with Crippen molar-refractivity contribution in [1.29, 1.82) is 0 Å². The Bertz CT molecular complexity index is 759. The molecule has 0 saturated carbocycles. The van der Waals surface area contributed by atoms with E-state index in [1.165, 1.54) is 24.3 Å². The maximum Gasteiger partial charge on any atom is 0.317 e. The second-order valence-electron chi connectivity index (χ2n) is 6.18. The number of hydrogen-bond acceptors (Lipinski definition) is 2. The maximum atomic E-state index is 13.3. The van der Waals surface area contributed by atoms with Crippen LogP contribution in [-0.4, -0.2) is 43.7 Å². The highest BCUT2D eigenvalue weighted by Gasteiger charge is 2.21. The summed E-state index contributed by atoms with van der Waals surface area (Å²) in [6.45, 7) is 2.57. The molecule has 26 heavy (non-hydrogen) atoms. The summed E-state index contributed by atoms with van der Waals surface area (Å²) in [6.07, 6.45) is 0.626. The minimum atomic E-state index is -0.872. The van der Waals surface area contributed by atoms with E-state index in [-0.39, 0.29) is 11.8 Å². The summed E-state index contributed by atoms with van der Waals surface area (Å²) < 4.78 is 39.2. The number of benzene rings is 2. The number of carbonyl (C=O) groups excluding carboxylic acids is 1. The first-order valence-electron chi connectivity index (χ1n) is 8.50. The van der Waals surface area contributed by atoms with Gasteiger partial charge in [0.25, 0.3) is 0 Å². The fraction of sp³-hybridized carbons (Fsp3) is 0.316. The molecule has 0 aromatic heterocycles. The average Bonchev–Trinajstić information content (AvgIpc) is 2.65. The van der Waals surface area contributed by atoms with Crippen LogP contribution in [0.4, 0.5) is 23.7 Å². The number of nitrogens with zero attached hydrogens (tertiary/aromatic N) is 2. The highest BCUT2D eigenvalue weighted by Crippen LogP contribution is 2.19. The Kier molecular flexibility index (Phi) is 5.65. The summed E-state index contributed by atoms with van der Waals surface area (Å²) in [5, 5.41) is 2.85. The van der Waals surface area contributed by atoms with Crippen molar-refractivity contribution in [3.63, 3.8) is 0 Å². The molecule has 1 aliphatic rings. The molecule has 0 spiro atoms. The number of hydrogen-bond donors (Lipinski definition) is 1. The molecule has 0 bridgehead atoms. The van der Waals surface area contributed by atoms with Crippen LogP contribution < -0.4 is 10.2 Å². The van der Waals surface area contributed by atoms with Gasteiger partial charge in [0.1, 0.15) is 5.82 Å². The van der Waals surface area contributed by atoms with Crippen LogP contribution in [-0.2, 0) is 6.42 Å². The lowest BCUT2D eigenvalue weighted by molar-refractivity contribution is 0.194. The zero-order chi connectivity index (χ0) is 18.5. The number of amides is 2. The Morgan fingerprint density at radius 1 is 0.923 bits per heavy atom. The molecule has 4 nitrogen and oxygen atoms in total. The molecule has 1 saturated heterocycles. The fourth-order valence-electron chi connectivity index (χ4n) is 2.93. The second kappa shape index (κ2) is 8.12. The van der Waals surface area contributed by atoms with Crippen molar-refractivity contribution >= 4 is 11.7 Å². The van der Waals surface area contributed by atoms with E-state index in [2.05, 4.69) is 5.32 Å². The van der Waals surface area contributed by atoms with Crippen molar-refractivity contribution in [2.75, 3.05) is 37.6 Å². The third-order valence-corrected chi connectivity index (χ3v) is 4.44. The predicted octanol–water partition coefficient (Wildman–Crippen LogP) is 3.18. The fourth-order valence-corrected chi connectivity index (χ4v) is 2.93. The lowest BCUT2D eigenvalue weighted by atomic mass is 10.1. The summed E-state index contributed by atoms with van der Waals surface area (Å²) in [6, 6.07) is 9.86. The number of halogens is 3. The number of rotatable bonds is 4. The van der Waals surface area contributed by atoms with Crippen LogP contribution in [0.1, 0.15) is 5.56 Å². The molecule has 0 atom stereocenters.